The van der Waals surface area contributed by atoms with Crippen LogP contribution in [0.4, 0.5) is 0 Å². The lowest BCUT2D eigenvalue weighted by molar-refractivity contribution is -0.109. The Hall–Kier alpha value is -0.630. The molecule has 0 spiro atoms. The zero-order valence-corrected chi connectivity index (χ0v) is 10.5. The average Bonchev–Trinajstić information content (AvgIpc) is 2.27. The molecule has 0 aliphatic rings. The number of carbonyl (C=O) groups is 1. The van der Waals surface area contributed by atoms with Crippen molar-refractivity contribution < 1.29 is 9.90 Å². The van der Waals surface area contributed by atoms with Crippen molar-refractivity contribution in [1.29, 1.82) is 0 Å². The summed E-state index contributed by atoms with van der Waals surface area (Å²) in [5.41, 5.74) is 0. The molecule has 0 fully saturated rings. The smallest absolute Gasteiger partial charge is 0.122 e. The maximum atomic E-state index is 10.1. The van der Waals surface area contributed by atoms with Gasteiger partial charge in [0.1, 0.15) is 6.29 Å². The van der Waals surface area contributed by atoms with Gasteiger partial charge >= 0.3 is 0 Å². The van der Waals surface area contributed by atoms with Crippen LogP contribution in [0.15, 0.2) is 12.2 Å². The number of hydrogen-bond acceptors (Lipinski definition) is 2. The molecule has 2 heteroatoms. The van der Waals surface area contributed by atoms with Crippen molar-refractivity contribution in [2.45, 2.75) is 70.8 Å². The Morgan fingerprint density at radius 1 is 1.06 bits per heavy atom. The maximum absolute atomic E-state index is 10.1. The summed E-state index contributed by atoms with van der Waals surface area (Å²) in [5, 5.41) is 9.31. The summed E-state index contributed by atoms with van der Waals surface area (Å²) in [5.74, 6) is 0. The quantitative estimate of drug-likeness (QED) is 0.332. The molecule has 0 saturated heterocycles. The van der Waals surface area contributed by atoms with Gasteiger partial charge in [0.15, 0.2) is 0 Å². The molecule has 0 radical (unpaired) electrons. The third-order valence-corrected chi connectivity index (χ3v) is 2.65. The highest BCUT2D eigenvalue weighted by molar-refractivity contribution is 5.49. The van der Waals surface area contributed by atoms with Gasteiger partial charge in [-0.3, -0.25) is 0 Å². The van der Waals surface area contributed by atoms with Crippen molar-refractivity contribution in [3.63, 3.8) is 0 Å². The molecule has 1 N–H and O–H groups in total. The van der Waals surface area contributed by atoms with Crippen LogP contribution in [0.25, 0.3) is 0 Å². The van der Waals surface area contributed by atoms with Gasteiger partial charge in [0, 0.05) is 6.42 Å². The summed E-state index contributed by atoms with van der Waals surface area (Å²) in [6, 6.07) is 0. The molecule has 0 saturated carbocycles. The fourth-order valence-electron chi connectivity index (χ4n) is 1.63. The second-order valence-electron chi connectivity index (χ2n) is 4.31. The van der Waals surface area contributed by atoms with E-state index in [1.54, 1.807) is 0 Å². The van der Waals surface area contributed by atoms with E-state index >= 15 is 0 Å². The van der Waals surface area contributed by atoms with Crippen LogP contribution in [0.5, 0.6) is 0 Å². The molecular weight excluding hydrogens is 200 g/mol. The molecule has 0 amide bonds. The lowest BCUT2D eigenvalue weighted by atomic mass is 10.1. The van der Waals surface area contributed by atoms with E-state index in [-0.39, 0.29) is 0 Å². The number of aliphatic hydroxyl groups is 1. The van der Waals surface area contributed by atoms with Crippen molar-refractivity contribution in [3.05, 3.63) is 12.2 Å². The predicted octanol–water partition coefficient (Wildman–Crippen LogP) is 3.63. The Morgan fingerprint density at radius 3 is 2.44 bits per heavy atom. The number of unbranched alkanes of at least 4 members (excludes halogenated alkanes) is 5. The van der Waals surface area contributed by atoms with Gasteiger partial charge in [0.05, 0.1) is 6.10 Å². The van der Waals surface area contributed by atoms with Gasteiger partial charge in [0.25, 0.3) is 0 Å². The maximum Gasteiger partial charge on any atom is 0.122 e. The fraction of sp³-hybridized carbons (Fsp3) is 0.786. The van der Waals surface area contributed by atoms with Gasteiger partial charge in [-0.25, -0.2) is 0 Å². The molecule has 0 aromatic heterocycles. The van der Waals surface area contributed by atoms with Crippen LogP contribution in [0.3, 0.4) is 0 Å². The minimum atomic E-state index is -0.415. The molecule has 2 nitrogen and oxygen atoms in total. The molecule has 1 unspecified atom stereocenters. The van der Waals surface area contributed by atoms with E-state index in [0.717, 1.165) is 25.5 Å². The zero-order valence-electron chi connectivity index (χ0n) is 10.5. The number of rotatable bonds is 11. The molecule has 0 bridgehead atoms. The third kappa shape index (κ3) is 11.4. The number of carbonyl (C=O) groups excluding carboxylic acids is 1. The third-order valence-electron chi connectivity index (χ3n) is 2.65. The van der Waals surface area contributed by atoms with Crippen molar-refractivity contribution in [3.8, 4) is 0 Å². The Morgan fingerprint density at radius 2 is 1.75 bits per heavy atom. The first kappa shape index (κ1) is 15.4. The van der Waals surface area contributed by atoms with Crippen LogP contribution < -0.4 is 0 Å². The average molecular weight is 226 g/mol. The highest BCUT2D eigenvalue weighted by Gasteiger charge is 2.01. The summed E-state index contributed by atoms with van der Waals surface area (Å²) in [4.78, 5) is 10.1. The summed E-state index contributed by atoms with van der Waals surface area (Å²) < 4.78 is 0. The lowest BCUT2D eigenvalue weighted by Gasteiger charge is -2.05. The van der Waals surface area contributed by atoms with E-state index in [9.17, 15) is 9.90 Å². The van der Waals surface area contributed by atoms with E-state index < -0.39 is 6.10 Å². The van der Waals surface area contributed by atoms with Crippen molar-refractivity contribution >= 4 is 6.29 Å². The highest BCUT2D eigenvalue weighted by Crippen LogP contribution is 2.09. The van der Waals surface area contributed by atoms with Gasteiger partial charge in [-0.05, 0) is 25.7 Å². The van der Waals surface area contributed by atoms with Crippen LogP contribution in [0.2, 0.25) is 0 Å². The van der Waals surface area contributed by atoms with Gasteiger partial charge in [-0.15, -0.1) is 0 Å². The summed E-state index contributed by atoms with van der Waals surface area (Å²) in [7, 11) is 0. The number of aldehydes is 1. The molecule has 94 valence electrons. The standard InChI is InChI=1S/C14H26O2/c1-2-3-4-5-6-7-8-9-10-11-14(16)12-13-15/h4-5,13-14,16H,2-3,6-12H2,1H3/b5-4+. The van der Waals surface area contributed by atoms with Gasteiger partial charge in [-0.1, -0.05) is 44.8 Å². The second kappa shape index (κ2) is 12.4. The minimum Gasteiger partial charge on any atom is -0.393 e. The zero-order chi connectivity index (χ0) is 12.1. The van der Waals surface area contributed by atoms with Crippen LogP contribution in [0, 0.1) is 0 Å². The molecule has 16 heavy (non-hydrogen) atoms. The first-order valence-corrected chi connectivity index (χ1v) is 6.58. The van der Waals surface area contributed by atoms with Crippen LogP contribution in [0.1, 0.15) is 64.7 Å². The van der Waals surface area contributed by atoms with Gasteiger partial charge in [0.2, 0.25) is 0 Å². The Bertz CT molecular complexity index is 176. The van der Waals surface area contributed by atoms with E-state index in [1.165, 1.54) is 32.1 Å². The SMILES string of the molecule is CCC/C=C/CCCCCCC(O)CC=O. The van der Waals surface area contributed by atoms with E-state index in [2.05, 4.69) is 19.1 Å². The molecule has 0 aromatic carbocycles. The first-order chi connectivity index (χ1) is 7.81. The lowest BCUT2D eigenvalue weighted by Crippen LogP contribution is -2.06. The topological polar surface area (TPSA) is 37.3 Å². The number of allylic oxidation sites excluding steroid dienone is 2. The van der Waals surface area contributed by atoms with Gasteiger partial charge < -0.3 is 9.90 Å². The Labute approximate surface area is 99.7 Å². The van der Waals surface area contributed by atoms with E-state index in [4.69, 9.17) is 0 Å². The molecule has 0 rings (SSSR count). The molecular formula is C14H26O2. The Kier molecular flexibility index (Phi) is 11.9. The number of aliphatic hydroxyl groups excluding tert-OH is 1. The van der Waals surface area contributed by atoms with Crippen molar-refractivity contribution in [1.82, 2.24) is 0 Å². The normalized spacial score (nSPS) is 13.1. The predicted molar refractivity (Wildman–Crippen MR) is 68.4 cm³/mol. The van der Waals surface area contributed by atoms with Gasteiger partial charge in [-0.2, -0.15) is 0 Å². The number of hydrogen-bond donors (Lipinski definition) is 1. The fourth-order valence-corrected chi connectivity index (χ4v) is 1.63. The molecule has 0 heterocycles. The monoisotopic (exact) mass is 226 g/mol. The van der Waals surface area contributed by atoms with Crippen molar-refractivity contribution in [2.75, 3.05) is 0 Å². The molecule has 1 atom stereocenters. The Balaban J connectivity index is 3.12. The van der Waals surface area contributed by atoms with Crippen LogP contribution >= 0.6 is 0 Å². The second-order valence-corrected chi connectivity index (χ2v) is 4.31. The largest absolute Gasteiger partial charge is 0.393 e. The van der Waals surface area contributed by atoms with E-state index in [0.29, 0.717) is 6.42 Å². The summed E-state index contributed by atoms with van der Waals surface area (Å²) >= 11 is 0. The first-order valence-electron chi connectivity index (χ1n) is 6.58. The molecule has 0 aromatic rings. The van der Waals surface area contributed by atoms with Crippen LogP contribution in [-0.2, 0) is 4.79 Å². The van der Waals surface area contributed by atoms with Crippen LogP contribution in [-0.4, -0.2) is 17.5 Å². The summed E-state index contributed by atoms with van der Waals surface area (Å²) in [6.07, 6.45) is 14.2. The molecule has 0 aliphatic heterocycles. The minimum absolute atomic E-state index is 0.291. The van der Waals surface area contributed by atoms with E-state index in [1.807, 2.05) is 0 Å². The highest BCUT2D eigenvalue weighted by atomic mass is 16.3. The summed E-state index contributed by atoms with van der Waals surface area (Å²) in [6.45, 7) is 2.19. The van der Waals surface area contributed by atoms with Crippen molar-refractivity contribution in [2.24, 2.45) is 0 Å². The molecule has 0 aliphatic carbocycles.